The first-order chi connectivity index (χ1) is 12.3. The number of hydrogen-bond acceptors (Lipinski definition) is 5. The van der Waals surface area contributed by atoms with Gasteiger partial charge >= 0.3 is 0 Å². The van der Waals surface area contributed by atoms with Crippen molar-refractivity contribution in [3.05, 3.63) is 59.8 Å². The first kappa shape index (κ1) is 19.6. The molecular formula is C18H22N4O3S. The van der Waals surface area contributed by atoms with Crippen LogP contribution in [0.4, 0.5) is 5.82 Å². The van der Waals surface area contributed by atoms with Crippen LogP contribution in [-0.4, -0.2) is 40.5 Å². The number of amides is 1. The van der Waals surface area contributed by atoms with Gasteiger partial charge in [0.1, 0.15) is 5.82 Å². The maximum Gasteiger partial charge on any atom is 0.244 e. The maximum atomic E-state index is 11.9. The molecule has 0 spiro atoms. The Balaban J connectivity index is 1.91. The zero-order chi connectivity index (χ0) is 19.2. The van der Waals surface area contributed by atoms with Crippen molar-refractivity contribution in [2.75, 3.05) is 26.0 Å². The van der Waals surface area contributed by atoms with Gasteiger partial charge in [0.15, 0.2) is 0 Å². The number of pyridine rings is 1. The number of nitrogens with zero attached hydrogens (tertiary/aromatic N) is 2. The molecule has 1 aromatic heterocycles. The van der Waals surface area contributed by atoms with Gasteiger partial charge in [-0.05, 0) is 42.4 Å². The quantitative estimate of drug-likeness (QED) is 0.715. The van der Waals surface area contributed by atoms with E-state index in [1.807, 2.05) is 31.1 Å². The van der Waals surface area contributed by atoms with E-state index >= 15 is 0 Å². The van der Waals surface area contributed by atoms with Crippen molar-refractivity contribution < 1.29 is 13.2 Å². The van der Waals surface area contributed by atoms with Crippen LogP contribution in [0.25, 0.3) is 6.08 Å². The SMILES string of the molecule is CNS(=O)(=O)c1ccc(/C=C/C(=O)NCc2ccc(N(C)C)nc2)cc1. The van der Waals surface area contributed by atoms with Gasteiger partial charge in [0.25, 0.3) is 0 Å². The maximum absolute atomic E-state index is 11.9. The van der Waals surface area contributed by atoms with E-state index in [0.717, 1.165) is 16.9 Å². The summed E-state index contributed by atoms with van der Waals surface area (Å²) in [5.41, 5.74) is 1.63. The molecule has 0 aliphatic heterocycles. The van der Waals surface area contributed by atoms with E-state index < -0.39 is 10.0 Å². The van der Waals surface area contributed by atoms with Gasteiger partial charge in [0.05, 0.1) is 4.90 Å². The van der Waals surface area contributed by atoms with Crippen molar-refractivity contribution >= 4 is 27.8 Å². The number of benzene rings is 1. The molecule has 0 atom stereocenters. The van der Waals surface area contributed by atoms with Crippen molar-refractivity contribution in [2.24, 2.45) is 0 Å². The highest BCUT2D eigenvalue weighted by molar-refractivity contribution is 7.89. The number of nitrogens with one attached hydrogen (secondary N) is 2. The smallest absolute Gasteiger partial charge is 0.244 e. The minimum atomic E-state index is -3.46. The fourth-order valence-corrected chi connectivity index (χ4v) is 2.81. The second-order valence-corrected chi connectivity index (χ2v) is 7.63. The monoisotopic (exact) mass is 374 g/mol. The van der Waals surface area contributed by atoms with Gasteiger partial charge in [-0.25, -0.2) is 18.1 Å². The Labute approximate surface area is 153 Å². The molecule has 0 fully saturated rings. The molecule has 0 saturated heterocycles. The third-order valence-electron chi connectivity index (χ3n) is 3.62. The van der Waals surface area contributed by atoms with Gasteiger partial charge < -0.3 is 10.2 Å². The molecule has 1 aromatic carbocycles. The zero-order valence-corrected chi connectivity index (χ0v) is 15.7. The van der Waals surface area contributed by atoms with E-state index in [-0.39, 0.29) is 10.8 Å². The van der Waals surface area contributed by atoms with Gasteiger partial charge in [-0.3, -0.25) is 4.79 Å². The highest BCUT2D eigenvalue weighted by Crippen LogP contribution is 2.11. The predicted octanol–water partition coefficient (Wildman–Crippen LogP) is 1.39. The van der Waals surface area contributed by atoms with E-state index in [1.54, 1.807) is 24.4 Å². The van der Waals surface area contributed by atoms with E-state index in [4.69, 9.17) is 0 Å². The summed E-state index contributed by atoms with van der Waals surface area (Å²) in [6, 6.07) is 10.0. The summed E-state index contributed by atoms with van der Waals surface area (Å²) in [7, 11) is 1.73. The van der Waals surface area contributed by atoms with Crippen molar-refractivity contribution in [3.63, 3.8) is 0 Å². The Bertz CT molecular complexity index is 874. The Morgan fingerprint density at radius 3 is 2.38 bits per heavy atom. The highest BCUT2D eigenvalue weighted by atomic mass is 32.2. The lowest BCUT2D eigenvalue weighted by Crippen LogP contribution is -2.20. The number of aromatic nitrogens is 1. The summed E-state index contributed by atoms with van der Waals surface area (Å²) in [4.78, 5) is 18.3. The molecule has 2 rings (SSSR count). The first-order valence-electron chi connectivity index (χ1n) is 7.93. The number of sulfonamides is 1. The molecule has 0 saturated carbocycles. The molecule has 0 radical (unpaired) electrons. The van der Waals surface area contributed by atoms with Gasteiger partial charge in [0.2, 0.25) is 15.9 Å². The molecule has 1 amide bonds. The Morgan fingerprint density at radius 2 is 1.85 bits per heavy atom. The van der Waals surface area contributed by atoms with Crippen molar-refractivity contribution in [2.45, 2.75) is 11.4 Å². The Kier molecular flexibility index (Phi) is 6.48. The van der Waals surface area contributed by atoms with E-state index in [0.29, 0.717) is 6.54 Å². The van der Waals surface area contributed by atoms with E-state index in [9.17, 15) is 13.2 Å². The van der Waals surface area contributed by atoms with Crippen LogP contribution < -0.4 is 14.9 Å². The average Bonchev–Trinajstić information content (AvgIpc) is 2.65. The standard InChI is InChI=1S/C18H22N4O3S/c1-19-26(24,25)16-8-4-14(5-9-16)7-11-18(23)21-13-15-6-10-17(20-12-15)22(2)3/h4-12,19H,13H2,1-3H3,(H,21,23)/b11-7+. The predicted molar refractivity (Wildman–Crippen MR) is 102 cm³/mol. The van der Waals surface area contributed by atoms with E-state index in [1.165, 1.54) is 25.3 Å². The molecule has 2 N–H and O–H groups in total. The van der Waals surface area contributed by atoms with Crippen LogP contribution >= 0.6 is 0 Å². The van der Waals surface area contributed by atoms with Crippen LogP contribution in [0.1, 0.15) is 11.1 Å². The molecule has 8 heteroatoms. The van der Waals surface area contributed by atoms with Gasteiger partial charge in [-0.2, -0.15) is 0 Å². The minimum absolute atomic E-state index is 0.176. The molecule has 138 valence electrons. The average molecular weight is 374 g/mol. The number of carbonyl (C=O) groups is 1. The summed E-state index contributed by atoms with van der Waals surface area (Å²) in [6.45, 7) is 0.378. The van der Waals surface area contributed by atoms with Crippen molar-refractivity contribution in [3.8, 4) is 0 Å². The zero-order valence-electron chi connectivity index (χ0n) is 14.9. The third kappa shape index (κ3) is 5.40. The molecular weight excluding hydrogens is 352 g/mol. The molecule has 2 aromatic rings. The molecule has 0 aliphatic carbocycles. The molecule has 26 heavy (non-hydrogen) atoms. The van der Waals surface area contributed by atoms with Gasteiger partial charge in [0, 0.05) is 32.9 Å². The molecule has 7 nitrogen and oxygen atoms in total. The van der Waals surface area contributed by atoms with Crippen LogP contribution in [0.5, 0.6) is 0 Å². The second kappa shape index (κ2) is 8.59. The molecule has 0 unspecified atom stereocenters. The number of hydrogen-bond donors (Lipinski definition) is 2. The van der Waals surface area contributed by atoms with Gasteiger partial charge in [-0.15, -0.1) is 0 Å². The Hall–Kier alpha value is -2.71. The molecule has 0 bridgehead atoms. The summed E-state index contributed by atoms with van der Waals surface area (Å²) in [6.07, 6.45) is 4.75. The Morgan fingerprint density at radius 1 is 1.15 bits per heavy atom. The number of carbonyl (C=O) groups excluding carboxylic acids is 1. The topological polar surface area (TPSA) is 91.4 Å². The first-order valence-corrected chi connectivity index (χ1v) is 9.42. The lowest BCUT2D eigenvalue weighted by Gasteiger charge is -2.11. The second-order valence-electron chi connectivity index (χ2n) is 5.75. The number of anilines is 1. The van der Waals surface area contributed by atoms with Crippen LogP contribution in [0.15, 0.2) is 53.6 Å². The summed E-state index contributed by atoms with van der Waals surface area (Å²) >= 11 is 0. The van der Waals surface area contributed by atoms with Crippen LogP contribution in [0, 0.1) is 0 Å². The largest absolute Gasteiger partial charge is 0.363 e. The lowest BCUT2D eigenvalue weighted by molar-refractivity contribution is -0.116. The highest BCUT2D eigenvalue weighted by Gasteiger charge is 2.09. The van der Waals surface area contributed by atoms with Crippen molar-refractivity contribution in [1.29, 1.82) is 0 Å². The van der Waals surface area contributed by atoms with Crippen LogP contribution in [-0.2, 0) is 21.4 Å². The lowest BCUT2D eigenvalue weighted by atomic mass is 10.2. The molecule has 1 heterocycles. The fraction of sp³-hybridized carbons (Fsp3) is 0.222. The van der Waals surface area contributed by atoms with Crippen LogP contribution in [0.2, 0.25) is 0 Å². The third-order valence-corrected chi connectivity index (χ3v) is 5.05. The van der Waals surface area contributed by atoms with Crippen LogP contribution in [0.3, 0.4) is 0 Å². The minimum Gasteiger partial charge on any atom is -0.363 e. The summed E-state index contributed by atoms with van der Waals surface area (Å²) < 4.78 is 25.6. The normalized spacial score (nSPS) is 11.5. The molecule has 0 aliphatic rings. The number of rotatable bonds is 7. The van der Waals surface area contributed by atoms with E-state index in [2.05, 4.69) is 15.0 Å². The summed E-state index contributed by atoms with van der Waals surface area (Å²) in [5, 5.41) is 2.78. The van der Waals surface area contributed by atoms with Crippen molar-refractivity contribution in [1.82, 2.24) is 15.0 Å². The summed E-state index contributed by atoms with van der Waals surface area (Å²) in [5.74, 6) is 0.609. The fourth-order valence-electron chi connectivity index (χ4n) is 2.08. The van der Waals surface area contributed by atoms with Gasteiger partial charge in [-0.1, -0.05) is 18.2 Å².